The average molecular weight is 425 g/mol. The second-order valence-corrected chi connectivity index (χ2v) is 7.94. The number of ether oxygens (including phenoxy) is 1. The van der Waals surface area contributed by atoms with E-state index in [1.165, 1.54) is 32.1 Å². The molecule has 1 fully saturated rings. The average Bonchev–Trinajstić information content (AvgIpc) is 3.22. The first-order valence-electron chi connectivity index (χ1n) is 10.2. The van der Waals surface area contributed by atoms with Crippen molar-refractivity contribution in [1.29, 1.82) is 0 Å². The van der Waals surface area contributed by atoms with Gasteiger partial charge in [-0.05, 0) is 43.0 Å². The number of fused-ring (bicyclic) bond motifs is 1. The summed E-state index contributed by atoms with van der Waals surface area (Å²) >= 11 is 4.06. The Morgan fingerprint density at radius 2 is 1.87 bits per heavy atom. The van der Waals surface area contributed by atoms with Crippen LogP contribution in [0.3, 0.4) is 0 Å². The lowest BCUT2D eigenvalue weighted by Gasteiger charge is -2.21. The van der Waals surface area contributed by atoms with Gasteiger partial charge in [0.05, 0.1) is 6.61 Å². The Kier molecular flexibility index (Phi) is 6.28. The van der Waals surface area contributed by atoms with E-state index in [0.29, 0.717) is 33.8 Å². The predicted octanol–water partition coefficient (Wildman–Crippen LogP) is 5.91. The molecule has 0 atom stereocenters. The summed E-state index contributed by atoms with van der Waals surface area (Å²) in [5, 5.41) is 3.46. The van der Waals surface area contributed by atoms with E-state index in [-0.39, 0.29) is 5.76 Å². The van der Waals surface area contributed by atoms with Crippen molar-refractivity contribution in [2.75, 3.05) is 11.9 Å². The van der Waals surface area contributed by atoms with Crippen molar-refractivity contribution in [2.24, 2.45) is 5.92 Å². The van der Waals surface area contributed by atoms with E-state index in [2.05, 4.69) is 18.1 Å². The number of urea groups is 1. The summed E-state index contributed by atoms with van der Waals surface area (Å²) < 4.78 is 12.1. The molecule has 0 bridgehead atoms. The number of carbonyl (C=O) groups excluding carboxylic acids is 2. The Balaban J connectivity index is 1.37. The van der Waals surface area contributed by atoms with Gasteiger partial charge in [-0.2, -0.15) is 0 Å². The van der Waals surface area contributed by atoms with Gasteiger partial charge in [-0.15, -0.1) is 0 Å². The van der Waals surface area contributed by atoms with Gasteiger partial charge in [0.1, 0.15) is 11.3 Å². The van der Waals surface area contributed by atoms with Gasteiger partial charge in [0, 0.05) is 17.1 Å². The summed E-state index contributed by atoms with van der Waals surface area (Å²) in [6, 6.07) is 15.3. The summed E-state index contributed by atoms with van der Waals surface area (Å²) in [6.45, 7) is 0.681. The molecule has 2 aromatic carbocycles. The van der Waals surface area contributed by atoms with E-state index in [4.69, 9.17) is 9.15 Å². The van der Waals surface area contributed by atoms with Crippen LogP contribution >= 0.6 is 12.8 Å². The van der Waals surface area contributed by atoms with Gasteiger partial charge in [0.15, 0.2) is 5.76 Å². The van der Waals surface area contributed by atoms with Crippen molar-refractivity contribution < 1.29 is 18.7 Å². The molecule has 1 aromatic heterocycles. The van der Waals surface area contributed by atoms with Crippen LogP contribution in [0.1, 0.15) is 42.7 Å². The second-order valence-electron chi connectivity index (χ2n) is 7.54. The van der Waals surface area contributed by atoms with E-state index in [0.717, 1.165) is 5.39 Å². The van der Waals surface area contributed by atoms with E-state index in [1.54, 1.807) is 30.3 Å². The fraction of sp³-hybridized carbons (Fsp3) is 0.304. The van der Waals surface area contributed by atoms with Gasteiger partial charge in [0.25, 0.3) is 0 Å². The number of amides is 3. The van der Waals surface area contributed by atoms with Crippen molar-refractivity contribution in [3.8, 4) is 5.75 Å². The van der Waals surface area contributed by atoms with Crippen LogP contribution in [0.5, 0.6) is 5.75 Å². The van der Waals surface area contributed by atoms with Crippen LogP contribution in [0.25, 0.3) is 11.0 Å². The summed E-state index contributed by atoms with van der Waals surface area (Å²) in [7, 11) is 0. The molecule has 1 N–H and O–H groups in total. The first kappa shape index (κ1) is 20.3. The van der Waals surface area contributed by atoms with Crippen LogP contribution in [-0.2, 0) is 0 Å². The predicted molar refractivity (Wildman–Crippen MR) is 119 cm³/mol. The van der Waals surface area contributed by atoms with Crippen LogP contribution in [0.4, 0.5) is 10.5 Å². The molecule has 1 saturated carbocycles. The minimum absolute atomic E-state index is 0.0471. The lowest BCUT2D eigenvalue weighted by Crippen LogP contribution is -2.32. The van der Waals surface area contributed by atoms with Crippen molar-refractivity contribution in [2.45, 2.75) is 32.1 Å². The van der Waals surface area contributed by atoms with Crippen LogP contribution < -0.4 is 10.1 Å². The Bertz CT molecular complexity index is 1010. The van der Waals surface area contributed by atoms with E-state index >= 15 is 0 Å². The number of hydrogen-bond donors (Lipinski definition) is 2. The molecule has 30 heavy (non-hydrogen) atoms. The highest BCUT2D eigenvalue weighted by Crippen LogP contribution is 2.26. The molecule has 0 aliphatic heterocycles. The molecule has 4 rings (SSSR count). The zero-order valence-corrected chi connectivity index (χ0v) is 17.4. The number of carbonyl (C=O) groups is 2. The molecule has 156 valence electrons. The highest BCUT2D eigenvalue weighted by molar-refractivity contribution is 7.79. The molecule has 1 aliphatic carbocycles. The molecule has 1 heterocycles. The smallest absolute Gasteiger partial charge is 0.339 e. The highest BCUT2D eigenvalue weighted by Gasteiger charge is 2.23. The number of nitrogens with zero attached hydrogens (tertiary/aromatic N) is 1. The minimum Gasteiger partial charge on any atom is -0.493 e. The lowest BCUT2D eigenvalue weighted by molar-refractivity contribution is 0.0875. The quantitative estimate of drug-likeness (QED) is 0.499. The minimum atomic E-state index is -0.673. The molecule has 0 saturated heterocycles. The molecule has 0 unspecified atom stereocenters. The standard InChI is InChI=1S/C23H24N2O4S/c26-22(21-13-17-9-4-5-12-20(17)29-21)25(30)23(27)24-18-10-6-11-19(14-18)28-15-16-7-2-1-3-8-16/h4-6,9-14,16,30H,1-3,7-8,15H2,(H,24,27). The number of rotatable bonds is 5. The third-order valence-corrected chi connectivity index (χ3v) is 5.68. The third kappa shape index (κ3) is 4.79. The first-order chi connectivity index (χ1) is 14.6. The van der Waals surface area contributed by atoms with Gasteiger partial charge in [-0.1, -0.05) is 56.3 Å². The van der Waals surface area contributed by atoms with Crippen molar-refractivity contribution in [1.82, 2.24) is 4.31 Å². The molecule has 1 aliphatic rings. The van der Waals surface area contributed by atoms with Gasteiger partial charge < -0.3 is 14.5 Å². The second kappa shape index (κ2) is 9.26. The Morgan fingerprint density at radius 1 is 1.07 bits per heavy atom. The maximum Gasteiger partial charge on any atom is 0.339 e. The monoisotopic (exact) mass is 424 g/mol. The number of imide groups is 1. The van der Waals surface area contributed by atoms with Gasteiger partial charge in [-0.25, -0.2) is 9.10 Å². The number of thiol groups is 1. The Hall–Kier alpha value is -2.93. The third-order valence-electron chi connectivity index (χ3n) is 5.32. The number of anilines is 1. The number of benzene rings is 2. The maximum atomic E-state index is 12.6. The lowest BCUT2D eigenvalue weighted by atomic mass is 9.90. The summed E-state index contributed by atoms with van der Waals surface area (Å²) in [4.78, 5) is 25.1. The zero-order chi connectivity index (χ0) is 20.9. The molecular formula is C23H24N2O4S. The van der Waals surface area contributed by atoms with Gasteiger partial charge in [-0.3, -0.25) is 4.79 Å². The van der Waals surface area contributed by atoms with Gasteiger partial charge >= 0.3 is 11.9 Å². The maximum absolute atomic E-state index is 12.6. The summed E-state index contributed by atoms with van der Waals surface area (Å²) in [5.41, 5.74) is 1.10. The van der Waals surface area contributed by atoms with Crippen molar-refractivity contribution >= 4 is 41.4 Å². The zero-order valence-electron chi connectivity index (χ0n) is 16.5. The number of para-hydroxylation sites is 1. The summed E-state index contributed by atoms with van der Waals surface area (Å²) in [5.74, 6) is 0.682. The van der Waals surface area contributed by atoms with Crippen LogP contribution in [0, 0.1) is 5.92 Å². The van der Waals surface area contributed by atoms with E-state index < -0.39 is 11.9 Å². The highest BCUT2D eigenvalue weighted by atomic mass is 32.1. The molecule has 0 spiro atoms. The molecular weight excluding hydrogens is 400 g/mol. The number of furan rings is 1. The SMILES string of the molecule is O=C(Nc1cccc(OCC2CCCCC2)c1)N(S)C(=O)c1cc2ccccc2o1. The first-order valence-corrected chi connectivity index (χ1v) is 10.6. The topological polar surface area (TPSA) is 71.8 Å². The molecule has 0 radical (unpaired) electrons. The fourth-order valence-electron chi connectivity index (χ4n) is 3.69. The van der Waals surface area contributed by atoms with Crippen LogP contribution in [-0.4, -0.2) is 22.9 Å². The molecule has 6 nitrogen and oxygen atoms in total. The van der Waals surface area contributed by atoms with E-state index in [1.807, 2.05) is 24.3 Å². The van der Waals surface area contributed by atoms with Gasteiger partial charge in [0.2, 0.25) is 0 Å². The molecule has 7 heteroatoms. The van der Waals surface area contributed by atoms with Crippen LogP contribution in [0.15, 0.2) is 59.0 Å². The summed E-state index contributed by atoms with van der Waals surface area (Å²) in [6.07, 6.45) is 6.25. The number of hydrogen-bond acceptors (Lipinski definition) is 5. The Labute approximate surface area is 180 Å². The fourth-order valence-corrected chi connectivity index (χ4v) is 3.84. The molecule has 3 aromatic rings. The van der Waals surface area contributed by atoms with Crippen LogP contribution in [0.2, 0.25) is 0 Å². The van der Waals surface area contributed by atoms with E-state index in [9.17, 15) is 9.59 Å². The normalized spacial score (nSPS) is 14.4. The van der Waals surface area contributed by atoms with Crippen molar-refractivity contribution in [3.05, 3.63) is 60.4 Å². The van der Waals surface area contributed by atoms with Crippen molar-refractivity contribution in [3.63, 3.8) is 0 Å². The Morgan fingerprint density at radius 3 is 2.67 bits per heavy atom. The molecule has 3 amide bonds. The number of nitrogens with one attached hydrogen (secondary N) is 1. The largest absolute Gasteiger partial charge is 0.493 e.